The number of rotatable bonds is 10. The Bertz CT molecular complexity index is 480. The topological polar surface area (TPSA) is 72.2 Å². The second kappa shape index (κ2) is 9.63. The number of nitro groups is 1. The molecule has 1 N–H and O–H groups in total. The fourth-order valence-electron chi connectivity index (χ4n) is 2.17. The second-order valence-electron chi connectivity index (χ2n) is 4.98. The van der Waals surface area contributed by atoms with Gasteiger partial charge in [0.1, 0.15) is 4.90 Å². The molecule has 0 amide bonds. The van der Waals surface area contributed by atoms with Gasteiger partial charge in [0.25, 0.3) is 5.69 Å². The van der Waals surface area contributed by atoms with Crippen LogP contribution in [-0.4, -0.2) is 27.5 Å². The number of nitro benzene ring substituents is 1. The first kappa shape index (κ1) is 17.8. The Morgan fingerprint density at radius 2 is 2.05 bits per heavy atom. The predicted octanol–water partition coefficient (Wildman–Crippen LogP) is 3.26. The predicted molar refractivity (Wildman–Crippen MR) is 86.0 cm³/mol. The van der Waals surface area contributed by atoms with Crippen molar-refractivity contribution in [3.8, 4) is 0 Å². The summed E-state index contributed by atoms with van der Waals surface area (Å²) in [5, 5.41) is 14.4. The molecule has 0 bridgehead atoms. The Hall–Kier alpha value is -1.27. The fraction of sp³-hybridized carbons (Fsp3) is 0.600. The largest absolute Gasteiger partial charge is 0.314 e. The average Bonchev–Trinajstić information content (AvgIpc) is 2.50. The Balaban J connectivity index is 2.52. The Kier molecular flexibility index (Phi) is 8.15. The molecule has 0 aliphatic heterocycles. The monoisotopic (exact) mass is 312 g/mol. The maximum absolute atomic E-state index is 12.2. The number of hydrogen-bond acceptors (Lipinski definition) is 4. The molecule has 0 saturated carbocycles. The van der Waals surface area contributed by atoms with E-state index in [9.17, 15) is 14.3 Å². The first-order valence-corrected chi connectivity index (χ1v) is 8.77. The van der Waals surface area contributed by atoms with Gasteiger partial charge in [0.2, 0.25) is 0 Å². The highest BCUT2D eigenvalue weighted by molar-refractivity contribution is 7.85. The molecule has 2 atom stereocenters. The van der Waals surface area contributed by atoms with Gasteiger partial charge < -0.3 is 5.32 Å². The van der Waals surface area contributed by atoms with E-state index in [0.29, 0.717) is 16.7 Å². The molecular weight excluding hydrogens is 288 g/mol. The fourth-order valence-corrected chi connectivity index (χ4v) is 3.43. The lowest BCUT2D eigenvalue weighted by atomic mass is 10.1. The van der Waals surface area contributed by atoms with Gasteiger partial charge in [0.15, 0.2) is 0 Å². The van der Waals surface area contributed by atoms with Crippen LogP contribution in [0.5, 0.6) is 0 Å². The maximum atomic E-state index is 12.2. The van der Waals surface area contributed by atoms with E-state index < -0.39 is 15.7 Å². The van der Waals surface area contributed by atoms with Crippen LogP contribution in [0.15, 0.2) is 29.2 Å². The van der Waals surface area contributed by atoms with E-state index in [0.717, 1.165) is 32.2 Å². The molecule has 0 aliphatic rings. The molecule has 21 heavy (non-hydrogen) atoms. The van der Waals surface area contributed by atoms with Crippen LogP contribution in [0.2, 0.25) is 0 Å². The molecule has 1 aromatic rings. The van der Waals surface area contributed by atoms with Crippen molar-refractivity contribution in [2.75, 3.05) is 12.3 Å². The van der Waals surface area contributed by atoms with Gasteiger partial charge in [-0.3, -0.25) is 14.3 Å². The lowest BCUT2D eigenvalue weighted by Gasteiger charge is -2.16. The average molecular weight is 312 g/mol. The summed E-state index contributed by atoms with van der Waals surface area (Å²) < 4.78 is 12.2. The number of nitrogens with zero attached hydrogens (tertiary/aromatic N) is 1. The molecule has 0 aliphatic carbocycles. The molecular formula is C15H24N2O3S. The third-order valence-electron chi connectivity index (χ3n) is 3.37. The van der Waals surface area contributed by atoms with Crippen LogP contribution in [0.4, 0.5) is 5.69 Å². The van der Waals surface area contributed by atoms with E-state index in [2.05, 4.69) is 19.2 Å². The molecule has 2 unspecified atom stereocenters. The number of hydrogen-bond donors (Lipinski definition) is 1. The van der Waals surface area contributed by atoms with Gasteiger partial charge >= 0.3 is 0 Å². The van der Waals surface area contributed by atoms with E-state index >= 15 is 0 Å². The van der Waals surface area contributed by atoms with Gasteiger partial charge in [-0.05, 0) is 38.3 Å². The number of benzene rings is 1. The zero-order valence-electron chi connectivity index (χ0n) is 12.7. The molecule has 1 rings (SSSR count). The molecule has 0 radical (unpaired) electrons. The lowest BCUT2D eigenvalue weighted by Crippen LogP contribution is -2.29. The van der Waals surface area contributed by atoms with Crippen LogP contribution in [0.25, 0.3) is 0 Å². The van der Waals surface area contributed by atoms with Crippen LogP contribution in [0.1, 0.15) is 39.5 Å². The normalized spacial score (nSPS) is 13.8. The lowest BCUT2D eigenvalue weighted by molar-refractivity contribution is -0.387. The van der Waals surface area contributed by atoms with Crippen molar-refractivity contribution in [1.82, 2.24) is 5.32 Å². The Morgan fingerprint density at radius 1 is 1.33 bits per heavy atom. The van der Waals surface area contributed by atoms with Gasteiger partial charge in [-0.1, -0.05) is 26.0 Å². The summed E-state index contributed by atoms with van der Waals surface area (Å²) in [6.07, 6.45) is 3.88. The van der Waals surface area contributed by atoms with Crippen LogP contribution in [0, 0.1) is 10.1 Å². The van der Waals surface area contributed by atoms with Gasteiger partial charge in [0, 0.05) is 17.9 Å². The maximum Gasteiger partial charge on any atom is 0.285 e. The zero-order valence-corrected chi connectivity index (χ0v) is 13.5. The van der Waals surface area contributed by atoms with E-state index in [4.69, 9.17) is 0 Å². The summed E-state index contributed by atoms with van der Waals surface area (Å²) in [6.45, 7) is 5.25. The van der Waals surface area contributed by atoms with Crippen LogP contribution in [-0.2, 0) is 10.8 Å². The van der Waals surface area contributed by atoms with Crippen LogP contribution >= 0.6 is 0 Å². The first-order valence-electron chi connectivity index (χ1n) is 7.45. The standard InChI is InChI=1S/C15H24N2O3S/c1-3-11-16-13(4-2)8-7-12-21(20)15-10-6-5-9-14(15)17(18)19/h5-6,9-10,13,16H,3-4,7-8,11-12H2,1-2H3. The third-order valence-corrected chi connectivity index (χ3v) is 4.86. The van der Waals surface area contributed by atoms with E-state index in [1.54, 1.807) is 18.2 Å². The molecule has 0 spiro atoms. The Morgan fingerprint density at radius 3 is 2.67 bits per heavy atom. The molecule has 5 nitrogen and oxygen atoms in total. The van der Waals surface area contributed by atoms with E-state index in [1.165, 1.54) is 6.07 Å². The van der Waals surface area contributed by atoms with Crippen molar-refractivity contribution >= 4 is 16.5 Å². The summed E-state index contributed by atoms with van der Waals surface area (Å²) in [4.78, 5) is 10.8. The summed E-state index contributed by atoms with van der Waals surface area (Å²) in [6, 6.07) is 6.72. The third kappa shape index (κ3) is 5.93. The van der Waals surface area contributed by atoms with Gasteiger partial charge in [-0.15, -0.1) is 0 Å². The number of nitrogens with one attached hydrogen (secondary N) is 1. The zero-order chi connectivity index (χ0) is 15.7. The van der Waals surface area contributed by atoms with Crippen molar-refractivity contribution in [1.29, 1.82) is 0 Å². The highest BCUT2D eigenvalue weighted by Gasteiger charge is 2.18. The van der Waals surface area contributed by atoms with Crippen LogP contribution in [0.3, 0.4) is 0 Å². The molecule has 1 aromatic carbocycles. The molecule has 0 heterocycles. The minimum Gasteiger partial charge on any atom is -0.314 e. The molecule has 0 aromatic heterocycles. The smallest absolute Gasteiger partial charge is 0.285 e. The van der Waals surface area contributed by atoms with Crippen molar-refractivity contribution in [3.63, 3.8) is 0 Å². The van der Waals surface area contributed by atoms with Crippen LogP contribution < -0.4 is 5.32 Å². The minimum atomic E-state index is -1.31. The highest BCUT2D eigenvalue weighted by Crippen LogP contribution is 2.22. The van der Waals surface area contributed by atoms with Crippen molar-refractivity contribution in [2.45, 2.75) is 50.5 Å². The molecule has 0 saturated heterocycles. The van der Waals surface area contributed by atoms with E-state index in [1.807, 2.05) is 0 Å². The summed E-state index contributed by atoms with van der Waals surface area (Å²) in [5.74, 6) is 0.467. The van der Waals surface area contributed by atoms with Crippen molar-refractivity contribution in [2.24, 2.45) is 0 Å². The SMILES string of the molecule is CCCNC(CC)CCCS(=O)c1ccccc1[N+](=O)[O-]. The molecule has 6 heteroatoms. The van der Waals surface area contributed by atoms with Crippen molar-refractivity contribution in [3.05, 3.63) is 34.4 Å². The summed E-state index contributed by atoms with van der Waals surface area (Å²) in [5.41, 5.74) is -0.0491. The van der Waals surface area contributed by atoms with Gasteiger partial charge in [-0.25, -0.2) is 0 Å². The summed E-state index contributed by atoms with van der Waals surface area (Å²) >= 11 is 0. The minimum absolute atomic E-state index is 0.0491. The second-order valence-corrected chi connectivity index (χ2v) is 6.52. The Labute approximate surface area is 128 Å². The molecule has 0 fully saturated rings. The molecule has 118 valence electrons. The quantitative estimate of drug-likeness (QED) is 0.531. The van der Waals surface area contributed by atoms with Crippen molar-refractivity contribution < 1.29 is 9.13 Å². The first-order chi connectivity index (χ1) is 10.1. The van der Waals surface area contributed by atoms with Gasteiger partial charge in [-0.2, -0.15) is 0 Å². The number of para-hydroxylation sites is 1. The van der Waals surface area contributed by atoms with Gasteiger partial charge in [0.05, 0.1) is 15.7 Å². The highest BCUT2D eigenvalue weighted by atomic mass is 32.2. The van der Waals surface area contributed by atoms with E-state index in [-0.39, 0.29) is 5.69 Å². The summed E-state index contributed by atoms with van der Waals surface area (Å²) in [7, 11) is -1.31.